The van der Waals surface area contributed by atoms with E-state index in [1.54, 1.807) is 7.11 Å². The van der Waals surface area contributed by atoms with Gasteiger partial charge in [-0.15, -0.1) is 0 Å². The monoisotopic (exact) mass is 358 g/mol. The van der Waals surface area contributed by atoms with Gasteiger partial charge in [0.05, 0.1) is 13.7 Å². The Morgan fingerprint density at radius 1 is 1.27 bits per heavy atom. The Balaban J connectivity index is 1.68. The smallest absolute Gasteiger partial charge is 0.161 e. The van der Waals surface area contributed by atoms with Crippen LogP contribution in [-0.2, 0) is 5.66 Å². The highest BCUT2D eigenvalue weighted by atomic mass is 16.5. The highest BCUT2D eigenvalue weighted by Crippen LogP contribution is 2.32. The lowest BCUT2D eigenvalue weighted by atomic mass is 9.96. The van der Waals surface area contributed by atoms with Gasteiger partial charge in [-0.25, -0.2) is 0 Å². The Bertz CT molecular complexity index is 668. The van der Waals surface area contributed by atoms with Crippen molar-refractivity contribution in [3.63, 3.8) is 0 Å². The molecule has 0 aromatic heterocycles. The third-order valence-electron chi connectivity index (χ3n) is 4.97. The summed E-state index contributed by atoms with van der Waals surface area (Å²) in [6.07, 6.45) is 9.41. The minimum absolute atomic E-state index is 0.665. The van der Waals surface area contributed by atoms with E-state index in [4.69, 9.17) is 15.2 Å². The fourth-order valence-electron chi connectivity index (χ4n) is 3.45. The van der Waals surface area contributed by atoms with Crippen molar-refractivity contribution in [3.05, 3.63) is 47.8 Å². The fourth-order valence-corrected chi connectivity index (χ4v) is 3.45. The number of nitrogens with zero attached hydrogens (tertiary/aromatic N) is 1. The van der Waals surface area contributed by atoms with Gasteiger partial charge in [-0.1, -0.05) is 6.07 Å². The molecular weight excluding hydrogens is 328 g/mol. The summed E-state index contributed by atoms with van der Waals surface area (Å²) >= 11 is 0. The molecule has 1 aromatic carbocycles. The van der Waals surface area contributed by atoms with Crippen LogP contribution in [-0.4, -0.2) is 45.3 Å². The van der Waals surface area contributed by atoms with Crippen LogP contribution in [0.2, 0.25) is 0 Å². The Labute approximate surface area is 156 Å². The van der Waals surface area contributed by atoms with Gasteiger partial charge in [-0.05, 0) is 62.2 Å². The number of ether oxygens (including phenoxy) is 2. The van der Waals surface area contributed by atoms with Crippen LogP contribution in [0.15, 0.2) is 42.2 Å². The first-order valence-electron chi connectivity index (χ1n) is 9.32. The Morgan fingerprint density at radius 3 is 2.81 bits per heavy atom. The van der Waals surface area contributed by atoms with Crippen LogP contribution in [0.5, 0.6) is 11.5 Å². The zero-order chi connectivity index (χ0) is 18.4. The summed E-state index contributed by atoms with van der Waals surface area (Å²) in [4.78, 5) is 2.49. The van der Waals surface area contributed by atoms with E-state index in [9.17, 15) is 0 Å². The largest absolute Gasteiger partial charge is 0.493 e. The summed E-state index contributed by atoms with van der Waals surface area (Å²) in [5.41, 5.74) is 7.67. The first kappa shape index (κ1) is 18.6. The van der Waals surface area contributed by atoms with E-state index in [2.05, 4.69) is 15.5 Å². The normalized spacial score (nSPS) is 22.7. The molecule has 1 aromatic rings. The second-order valence-corrected chi connectivity index (χ2v) is 6.81. The van der Waals surface area contributed by atoms with Crippen LogP contribution >= 0.6 is 0 Å². The second kappa shape index (κ2) is 8.47. The number of nitrogens with two attached hydrogens (primary N) is 1. The lowest BCUT2D eigenvalue weighted by Gasteiger charge is -2.31. The maximum atomic E-state index is 6.56. The number of nitrogens with one attached hydrogen (secondary N) is 2. The highest BCUT2D eigenvalue weighted by molar-refractivity contribution is 5.47. The van der Waals surface area contributed by atoms with Gasteiger partial charge in [0.15, 0.2) is 11.5 Å². The van der Waals surface area contributed by atoms with Gasteiger partial charge in [-0.3, -0.25) is 0 Å². The maximum Gasteiger partial charge on any atom is 0.161 e. The van der Waals surface area contributed by atoms with Crippen molar-refractivity contribution in [2.75, 3.05) is 40.4 Å². The minimum Gasteiger partial charge on any atom is -0.493 e. The molecule has 0 radical (unpaired) electrons. The van der Waals surface area contributed by atoms with Crippen molar-refractivity contribution in [2.45, 2.75) is 24.9 Å². The average Bonchev–Trinajstić information content (AvgIpc) is 3.18. The molecule has 26 heavy (non-hydrogen) atoms. The van der Waals surface area contributed by atoms with Gasteiger partial charge in [0, 0.05) is 25.5 Å². The summed E-state index contributed by atoms with van der Waals surface area (Å²) < 4.78 is 11.5. The van der Waals surface area contributed by atoms with Crippen LogP contribution < -0.4 is 25.8 Å². The maximum absolute atomic E-state index is 6.56. The van der Waals surface area contributed by atoms with Crippen LogP contribution in [0.3, 0.4) is 0 Å². The Hall–Kier alpha value is -2.18. The van der Waals surface area contributed by atoms with Crippen molar-refractivity contribution in [3.8, 4) is 11.5 Å². The standard InChI is InChI=1S/C20H30N4O2/c1-22-17-8-9-23-20(21,15-17)16-6-7-18(25-2)19(14-16)26-13-5-12-24-10-3-4-11-24/h6-9,14-15,22-23H,3-5,10-13,21H2,1-2H3. The number of likely N-dealkylation sites (N-methyl/N-ethyl adjacent to an activating group) is 1. The molecule has 1 fully saturated rings. The quantitative estimate of drug-likeness (QED) is 0.617. The van der Waals surface area contributed by atoms with Gasteiger partial charge >= 0.3 is 0 Å². The molecule has 1 saturated heterocycles. The number of likely N-dealkylation sites (tertiary alicyclic amines) is 1. The van der Waals surface area contributed by atoms with E-state index < -0.39 is 5.66 Å². The van der Waals surface area contributed by atoms with Gasteiger partial charge in [0.1, 0.15) is 5.66 Å². The molecule has 6 heteroatoms. The Morgan fingerprint density at radius 2 is 2.08 bits per heavy atom. The molecule has 0 aliphatic carbocycles. The minimum atomic E-state index is -0.785. The first-order valence-corrected chi connectivity index (χ1v) is 9.32. The highest BCUT2D eigenvalue weighted by Gasteiger charge is 2.27. The predicted molar refractivity (Wildman–Crippen MR) is 104 cm³/mol. The van der Waals surface area contributed by atoms with Crippen molar-refractivity contribution in [1.29, 1.82) is 0 Å². The second-order valence-electron chi connectivity index (χ2n) is 6.81. The Kier molecular flexibility index (Phi) is 6.06. The number of allylic oxidation sites excluding steroid dienone is 1. The molecule has 2 aliphatic rings. The SMILES string of the molecule is CNC1=CC(N)(c2ccc(OC)c(OCCCN3CCCC3)c2)NC=C1. The van der Waals surface area contributed by atoms with E-state index in [0.29, 0.717) is 6.61 Å². The molecule has 0 bridgehead atoms. The lowest BCUT2D eigenvalue weighted by molar-refractivity contribution is 0.253. The number of rotatable bonds is 8. The van der Waals surface area contributed by atoms with Crippen LogP contribution in [0.25, 0.3) is 0 Å². The van der Waals surface area contributed by atoms with Crippen molar-refractivity contribution in [2.24, 2.45) is 5.73 Å². The van der Waals surface area contributed by atoms with E-state index in [0.717, 1.165) is 35.7 Å². The third kappa shape index (κ3) is 4.31. The zero-order valence-corrected chi connectivity index (χ0v) is 15.8. The van der Waals surface area contributed by atoms with Crippen molar-refractivity contribution >= 4 is 0 Å². The molecule has 142 valence electrons. The van der Waals surface area contributed by atoms with Crippen molar-refractivity contribution < 1.29 is 9.47 Å². The molecular formula is C20H30N4O2. The zero-order valence-electron chi connectivity index (χ0n) is 15.8. The molecule has 0 amide bonds. The van der Waals surface area contributed by atoms with Crippen molar-refractivity contribution in [1.82, 2.24) is 15.5 Å². The molecule has 2 heterocycles. The molecule has 6 nitrogen and oxygen atoms in total. The molecule has 1 unspecified atom stereocenters. The summed E-state index contributed by atoms with van der Waals surface area (Å²) in [6, 6.07) is 5.84. The number of dihydropyridines is 1. The van der Waals surface area contributed by atoms with E-state index >= 15 is 0 Å². The average molecular weight is 358 g/mol. The number of methoxy groups -OCH3 is 1. The summed E-state index contributed by atoms with van der Waals surface area (Å²) in [5.74, 6) is 1.45. The molecule has 0 spiro atoms. The fraction of sp³-hybridized carbons (Fsp3) is 0.500. The van der Waals surface area contributed by atoms with Gasteiger partial charge in [0.25, 0.3) is 0 Å². The van der Waals surface area contributed by atoms with E-state index in [-0.39, 0.29) is 0 Å². The van der Waals surface area contributed by atoms with Gasteiger partial charge < -0.3 is 30.7 Å². The topological polar surface area (TPSA) is 71.8 Å². The van der Waals surface area contributed by atoms with E-state index in [1.807, 2.05) is 43.6 Å². The first-order chi connectivity index (χ1) is 12.6. The van der Waals surface area contributed by atoms with Gasteiger partial charge in [0.2, 0.25) is 0 Å². The number of benzene rings is 1. The van der Waals surface area contributed by atoms with Crippen LogP contribution in [0.1, 0.15) is 24.8 Å². The number of hydrogen-bond donors (Lipinski definition) is 3. The molecule has 0 saturated carbocycles. The van der Waals surface area contributed by atoms with Crippen LogP contribution in [0, 0.1) is 0 Å². The third-order valence-corrected chi connectivity index (χ3v) is 4.97. The van der Waals surface area contributed by atoms with Gasteiger partial charge in [-0.2, -0.15) is 0 Å². The summed E-state index contributed by atoms with van der Waals surface area (Å²) in [7, 11) is 3.54. The van der Waals surface area contributed by atoms with Crippen LogP contribution in [0.4, 0.5) is 0 Å². The molecule has 4 N–H and O–H groups in total. The molecule has 1 atom stereocenters. The molecule has 3 rings (SSSR count). The lowest BCUT2D eigenvalue weighted by Crippen LogP contribution is -2.48. The summed E-state index contributed by atoms with van der Waals surface area (Å²) in [5, 5.41) is 6.35. The van der Waals surface area contributed by atoms with E-state index in [1.165, 1.54) is 25.9 Å². The molecule has 2 aliphatic heterocycles. The predicted octanol–water partition coefficient (Wildman–Crippen LogP) is 1.89. The number of hydrogen-bond acceptors (Lipinski definition) is 6. The summed E-state index contributed by atoms with van der Waals surface area (Å²) in [6.45, 7) is 4.18.